The van der Waals surface area contributed by atoms with E-state index in [1.807, 2.05) is 12.1 Å². The number of carbonyl (C=O) groups excluding carboxylic acids is 1. The SMILES string of the molecule is COc1cc2c(cc1C(C)=O)CCC(C)(C)O2. The molecule has 0 unspecified atom stereocenters. The Morgan fingerprint density at radius 1 is 1.41 bits per heavy atom. The Balaban J connectivity index is 2.48. The Labute approximate surface area is 102 Å². The summed E-state index contributed by atoms with van der Waals surface area (Å²) in [5.74, 6) is 1.45. The third kappa shape index (κ3) is 2.28. The average Bonchev–Trinajstić information content (AvgIpc) is 2.25. The summed E-state index contributed by atoms with van der Waals surface area (Å²) in [7, 11) is 1.57. The minimum Gasteiger partial charge on any atom is -0.496 e. The van der Waals surface area contributed by atoms with Gasteiger partial charge in [0.1, 0.15) is 17.1 Å². The summed E-state index contributed by atoms with van der Waals surface area (Å²) in [4.78, 5) is 11.5. The van der Waals surface area contributed by atoms with Gasteiger partial charge in [0.2, 0.25) is 0 Å². The molecule has 1 aliphatic heterocycles. The van der Waals surface area contributed by atoms with Gasteiger partial charge >= 0.3 is 0 Å². The molecule has 92 valence electrons. The van der Waals surface area contributed by atoms with Crippen molar-refractivity contribution < 1.29 is 14.3 Å². The van der Waals surface area contributed by atoms with E-state index in [1.165, 1.54) is 0 Å². The first-order valence-electron chi connectivity index (χ1n) is 5.84. The lowest BCUT2D eigenvalue weighted by Gasteiger charge is -2.33. The van der Waals surface area contributed by atoms with Crippen LogP contribution in [0.2, 0.25) is 0 Å². The van der Waals surface area contributed by atoms with E-state index in [0.717, 1.165) is 24.2 Å². The van der Waals surface area contributed by atoms with Crippen molar-refractivity contribution in [3.63, 3.8) is 0 Å². The first-order chi connectivity index (χ1) is 7.93. The number of hydrogen-bond donors (Lipinski definition) is 0. The molecule has 0 saturated heterocycles. The second-order valence-electron chi connectivity index (χ2n) is 5.08. The fourth-order valence-electron chi connectivity index (χ4n) is 2.12. The van der Waals surface area contributed by atoms with Gasteiger partial charge in [-0.05, 0) is 45.2 Å². The first kappa shape index (κ1) is 12.0. The van der Waals surface area contributed by atoms with Crippen LogP contribution in [0.5, 0.6) is 11.5 Å². The van der Waals surface area contributed by atoms with E-state index in [4.69, 9.17) is 9.47 Å². The molecule has 1 aromatic rings. The second-order valence-corrected chi connectivity index (χ2v) is 5.08. The van der Waals surface area contributed by atoms with Crippen molar-refractivity contribution in [2.45, 2.75) is 39.2 Å². The summed E-state index contributed by atoms with van der Waals surface area (Å²) in [6, 6.07) is 3.72. The summed E-state index contributed by atoms with van der Waals surface area (Å²) in [6.45, 7) is 5.69. The normalized spacial score (nSPS) is 16.9. The number of benzene rings is 1. The van der Waals surface area contributed by atoms with Gasteiger partial charge < -0.3 is 9.47 Å². The van der Waals surface area contributed by atoms with E-state index in [-0.39, 0.29) is 11.4 Å². The highest BCUT2D eigenvalue weighted by molar-refractivity contribution is 5.97. The molecule has 0 atom stereocenters. The molecule has 0 saturated carbocycles. The lowest BCUT2D eigenvalue weighted by Crippen LogP contribution is -2.32. The van der Waals surface area contributed by atoms with Crippen LogP contribution in [0.4, 0.5) is 0 Å². The Morgan fingerprint density at radius 2 is 2.12 bits per heavy atom. The third-order valence-corrected chi connectivity index (χ3v) is 3.14. The molecule has 0 spiro atoms. The Kier molecular flexibility index (Phi) is 2.86. The van der Waals surface area contributed by atoms with Crippen molar-refractivity contribution in [1.82, 2.24) is 0 Å². The molecule has 0 aromatic heterocycles. The van der Waals surface area contributed by atoms with Gasteiger partial charge in [0.15, 0.2) is 5.78 Å². The number of ether oxygens (including phenoxy) is 2. The van der Waals surface area contributed by atoms with Gasteiger partial charge in [-0.15, -0.1) is 0 Å². The fourth-order valence-corrected chi connectivity index (χ4v) is 2.12. The van der Waals surface area contributed by atoms with Gasteiger partial charge in [0.05, 0.1) is 12.7 Å². The number of aryl methyl sites for hydroxylation is 1. The van der Waals surface area contributed by atoms with Crippen molar-refractivity contribution in [3.05, 3.63) is 23.3 Å². The van der Waals surface area contributed by atoms with E-state index in [0.29, 0.717) is 11.3 Å². The molecule has 0 N–H and O–H groups in total. The van der Waals surface area contributed by atoms with Gasteiger partial charge in [0.25, 0.3) is 0 Å². The summed E-state index contributed by atoms with van der Waals surface area (Å²) < 4.78 is 11.1. The summed E-state index contributed by atoms with van der Waals surface area (Å²) in [5, 5.41) is 0. The van der Waals surface area contributed by atoms with Crippen molar-refractivity contribution in [2.75, 3.05) is 7.11 Å². The smallest absolute Gasteiger partial charge is 0.163 e. The van der Waals surface area contributed by atoms with Crippen LogP contribution in [0.15, 0.2) is 12.1 Å². The first-order valence-corrected chi connectivity index (χ1v) is 5.84. The molecule has 3 nitrogen and oxygen atoms in total. The number of methoxy groups -OCH3 is 1. The van der Waals surface area contributed by atoms with Gasteiger partial charge in [-0.1, -0.05) is 0 Å². The molecule has 0 amide bonds. The zero-order chi connectivity index (χ0) is 12.6. The van der Waals surface area contributed by atoms with Crippen LogP contribution in [-0.2, 0) is 6.42 Å². The zero-order valence-electron chi connectivity index (χ0n) is 10.8. The maximum absolute atomic E-state index is 11.5. The van der Waals surface area contributed by atoms with E-state index in [9.17, 15) is 4.79 Å². The minimum atomic E-state index is -0.143. The number of rotatable bonds is 2. The molecular formula is C14H18O3. The number of ketones is 1. The van der Waals surface area contributed by atoms with Gasteiger partial charge in [-0.3, -0.25) is 4.79 Å². The number of Topliss-reactive ketones (excluding diaryl/α,β-unsaturated/α-hetero) is 1. The van der Waals surface area contributed by atoms with E-state index in [1.54, 1.807) is 14.0 Å². The molecule has 1 heterocycles. The molecule has 0 fully saturated rings. The molecule has 3 heteroatoms. The van der Waals surface area contributed by atoms with Crippen LogP contribution in [-0.4, -0.2) is 18.5 Å². The molecule has 0 aliphatic carbocycles. The predicted octanol–water partition coefficient (Wildman–Crippen LogP) is 3.00. The molecular weight excluding hydrogens is 216 g/mol. The van der Waals surface area contributed by atoms with Crippen LogP contribution in [0.1, 0.15) is 43.1 Å². The van der Waals surface area contributed by atoms with Gasteiger partial charge in [-0.2, -0.15) is 0 Å². The molecule has 1 aromatic carbocycles. The lowest BCUT2D eigenvalue weighted by atomic mass is 9.92. The number of carbonyl (C=O) groups is 1. The van der Waals surface area contributed by atoms with Gasteiger partial charge in [-0.25, -0.2) is 0 Å². The zero-order valence-corrected chi connectivity index (χ0v) is 10.8. The topological polar surface area (TPSA) is 35.5 Å². The van der Waals surface area contributed by atoms with Crippen molar-refractivity contribution in [1.29, 1.82) is 0 Å². The van der Waals surface area contributed by atoms with Crippen LogP contribution in [0.3, 0.4) is 0 Å². The van der Waals surface area contributed by atoms with E-state index >= 15 is 0 Å². The highest BCUT2D eigenvalue weighted by atomic mass is 16.5. The summed E-state index contributed by atoms with van der Waals surface area (Å²) in [5.41, 5.74) is 1.58. The van der Waals surface area contributed by atoms with Crippen molar-refractivity contribution in [3.8, 4) is 11.5 Å². The Hall–Kier alpha value is -1.51. The molecule has 17 heavy (non-hydrogen) atoms. The highest BCUT2D eigenvalue weighted by Crippen LogP contribution is 2.37. The van der Waals surface area contributed by atoms with Crippen LogP contribution < -0.4 is 9.47 Å². The number of fused-ring (bicyclic) bond motifs is 1. The standard InChI is InChI=1S/C14H18O3/c1-9(15)11-7-10-5-6-14(2,3)17-12(10)8-13(11)16-4/h7-8H,5-6H2,1-4H3. The van der Waals surface area contributed by atoms with Crippen LogP contribution in [0.25, 0.3) is 0 Å². The summed E-state index contributed by atoms with van der Waals surface area (Å²) in [6.07, 6.45) is 1.90. The maximum Gasteiger partial charge on any atom is 0.163 e. The Bertz CT molecular complexity index is 461. The quantitative estimate of drug-likeness (QED) is 0.738. The van der Waals surface area contributed by atoms with Gasteiger partial charge in [0, 0.05) is 6.07 Å². The average molecular weight is 234 g/mol. The molecule has 0 radical (unpaired) electrons. The largest absolute Gasteiger partial charge is 0.496 e. The minimum absolute atomic E-state index is 0.0227. The van der Waals surface area contributed by atoms with Crippen LogP contribution in [0, 0.1) is 0 Å². The van der Waals surface area contributed by atoms with Crippen molar-refractivity contribution >= 4 is 5.78 Å². The molecule has 1 aliphatic rings. The monoisotopic (exact) mass is 234 g/mol. The highest BCUT2D eigenvalue weighted by Gasteiger charge is 2.28. The maximum atomic E-state index is 11.5. The molecule has 0 bridgehead atoms. The lowest BCUT2D eigenvalue weighted by molar-refractivity contribution is 0.0842. The number of hydrogen-bond acceptors (Lipinski definition) is 3. The van der Waals surface area contributed by atoms with Crippen molar-refractivity contribution in [2.24, 2.45) is 0 Å². The van der Waals surface area contributed by atoms with E-state index < -0.39 is 0 Å². The predicted molar refractivity (Wildman–Crippen MR) is 66.0 cm³/mol. The third-order valence-electron chi connectivity index (χ3n) is 3.14. The fraction of sp³-hybridized carbons (Fsp3) is 0.500. The van der Waals surface area contributed by atoms with Crippen LogP contribution >= 0.6 is 0 Å². The summed E-state index contributed by atoms with van der Waals surface area (Å²) >= 11 is 0. The van der Waals surface area contributed by atoms with E-state index in [2.05, 4.69) is 13.8 Å². The molecule has 2 rings (SSSR count). The Morgan fingerprint density at radius 3 is 2.71 bits per heavy atom. The second kappa shape index (κ2) is 4.06.